The number of imidazole rings is 1. The van der Waals surface area contributed by atoms with Gasteiger partial charge in [0.25, 0.3) is 0 Å². The molecule has 0 radical (unpaired) electrons. The Morgan fingerprint density at radius 2 is 2.13 bits per heavy atom. The average molecular weight is 401 g/mol. The van der Waals surface area contributed by atoms with Crippen LogP contribution in [0, 0.1) is 0 Å². The summed E-state index contributed by atoms with van der Waals surface area (Å²) < 4.78 is 6.04. The van der Waals surface area contributed by atoms with Gasteiger partial charge in [-0.15, -0.1) is 0 Å². The molecule has 152 valence electrons. The van der Waals surface area contributed by atoms with Crippen LogP contribution in [0.3, 0.4) is 0 Å². The SMILES string of the molecule is NC(=O)c1cncc(-c2ccc(CN3CCCC(c4nc5ccccc5[nH]4)C3)o2)c1. The highest BCUT2D eigenvalue weighted by atomic mass is 16.3. The maximum atomic E-state index is 11.4. The number of fused-ring (bicyclic) bond motifs is 1. The number of aromatic amines is 1. The summed E-state index contributed by atoms with van der Waals surface area (Å²) in [6.45, 7) is 2.71. The molecule has 7 heteroatoms. The van der Waals surface area contributed by atoms with Crippen LogP contribution in [0.25, 0.3) is 22.4 Å². The molecule has 30 heavy (non-hydrogen) atoms. The monoisotopic (exact) mass is 401 g/mol. The number of nitrogens with one attached hydrogen (secondary N) is 1. The zero-order valence-corrected chi connectivity index (χ0v) is 16.5. The van der Waals surface area contributed by atoms with Gasteiger partial charge in [-0.25, -0.2) is 4.98 Å². The summed E-state index contributed by atoms with van der Waals surface area (Å²) in [5.41, 5.74) is 8.58. The number of nitrogens with zero attached hydrogens (tertiary/aromatic N) is 3. The molecule has 1 unspecified atom stereocenters. The predicted octanol–water partition coefficient (Wildman–Crippen LogP) is 3.70. The number of nitrogens with two attached hydrogens (primary N) is 1. The van der Waals surface area contributed by atoms with E-state index in [-0.39, 0.29) is 0 Å². The third-order valence-electron chi connectivity index (χ3n) is 5.65. The maximum absolute atomic E-state index is 11.4. The van der Waals surface area contributed by atoms with E-state index in [1.165, 1.54) is 6.20 Å². The topological polar surface area (TPSA) is 101 Å². The van der Waals surface area contributed by atoms with Gasteiger partial charge in [0.2, 0.25) is 5.91 Å². The first-order valence-corrected chi connectivity index (χ1v) is 10.2. The van der Waals surface area contributed by atoms with Crippen LogP contribution >= 0.6 is 0 Å². The number of carbonyl (C=O) groups excluding carboxylic acids is 1. The molecule has 1 amide bonds. The molecule has 3 aromatic heterocycles. The van der Waals surface area contributed by atoms with Crippen LogP contribution in [0.4, 0.5) is 0 Å². The molecular weight excluding hydrogens is 378 g/mol. The first kappa shape index (κ1) is 18.6. The van der Waals surface area contributed by atoms with E-state index < -0.39 is 5.91 Å². The van der Waals surface area contributed by atoms with Gasteiger partial charge in [-0.2, -0.15) is 0 Å². The fraction of sp³-hybridized carbons (Fsp3) is 0.261. The molecule has 4 aromatic rings. The standard InChI is InChI=1S/C23H23N5O2/c24-22(29)17-10-16(11-25-12-17)21-8-7-18(30-21)14-28-9-3-4-15(13-28)23-26-19-5-1-2-6-20(19)27-23/h1-2,5-8,10-12,15H,3-4,9,13-14H2,(H2,24,29)(H,26,27). The number of hydrogen-bond donors (Lipinski definition) is 2. The number of amides is 1. The summed E-state index contributed by atoms with van der Waals surface area (Å²) in [4.78, 5) is 26.2. The molecule has 0 spiro atoms. The number of pyridine rings is 1. The van der Waals surface area contributed by atoms with Crippen molar-refractivity contribution in [3.63, 3.8) is 0 Å². The van der Waals surface area contributed by atoms with Gasteiger partial charge in [-0.05, 0) is 49.7 Å². The summed E-state index contributed by atoms with van der Waals surface area (Å²) in [7, 11) is 0. The Bertz CT molecular complexity index is 1160. The van der Waals surface area contributed by atoms with Crippen molar-refractivity contribution in [2.45, 2.75) is 25.3 Å². The quantitative estimate of drug-likeness (QED) is 0.531. The van der Waals surface area contributed by atoms with Crippen molar-refractivity contribution >= 4 is 16.9 Å². The van der Waals surface area contributed by atoms with Gasteiger partial charge < -0.3 is 15.1 Å². The summed E-state index contributed by atoms with van der Waals surface area (Å²) >= 11 is 0. The summed E-state index contributed by atoms with van der Waals surface area (Å²) in [5, 5.41) is 0. The highest BCUT2D eigenvalue weighted by Gasteiger charge is 2.24. The van der Waals surface area contributed by atoms with Gasteiger partial charge in [-0.3, -0.25) is 14.7 Å². The molecule has 0 bridgehead atoms. The molecule has 5 rings (SSSR count). The third-order valence-corrected chi connectivity index (χ3v) is 5.65. The second-order valence-electron chi connectivity index (χ2n) is 7.81. The Hall–Kier alpha value is -3.45. The van der Waals surface area contributed by atoms with Crippen molar-refractivity contribution in [3.8, 4) is 11.3 Å². The van der Waals surface area contributed by atoms with E-state index in [9.17, 15) is 4.79 Å². The maximum Gasteiger partial charge on any atom is 0.250 e. The molecule has 1 aliphatic heterocycles. The van der Waals surface area contributed by atoms with Crippen molar-refractivity contribution in [1.82, 2.24) is 19.9 Å². The summed E-state index contributed by atoms with van der Waals surface area (Å²) in [6, 6.07) is 13.8. The molecular formula is C23H23N5O2. The zero-order valence-electron chi connectivity index (χ0n) is 16.5. The minimum Gasteiger partial charge on any atom is -0.460 e. The van der Waals surface area contributed by atoms with E-state index >= 15 is 0 Å². The number of furan rings is 1. The first-order valence-electron chi connectivity index (χ1n) is 10.2. The van der Waals surface area contributed by atoms with Crippen molar-refractivity contribution < 1.29 is 9.21 Å². The number of carbonyl (C=O) groups is 1. The predicted molar refractivity (Wildman–Crippen MR) is 114 cm³/mol. The molecule has 3 N–H and O–H groups in total. The molecule has 1 saturated heterocycles. The normalized spacial score (nSPS) is 17.4. The molecule has 4 heterocycles. The van der Waals surface area contributed by atoms with E-state index in [0.29, 0.717) is 17.2 Å². The minimum atomic E-state index is -0.499. The van der Waals surface area contributed by atoms with E-state index in [4.69, 9.17) is 15.1 Å². The smallest absolute Gasteiger partial charge is 0.250 e. The lowest BCUT2D eigenvalue weighted by Crippen LogP contribution is -2.34. The summed E-state index contributed by atoms with van der Waals surface area (Å²) in [6.07, 6.45) is 5.39. The second kappa shape index (κ2) is 7.76. The first-order chi connectivity index (χ1) is 14.7. The lowest BCUT2D eigenvalue weighted by atomic mass is 9.97. The van der Waals surface area contributed by atoms with Crippen molar-refractivity contribution in [3.05, 3.63) is 72.0 Å². The lowest BCUT2D eigenvalue weighted by molar-refractivity contribution is 0.1000. The van der Waals surface area contributed by atoms with Gasteiger partial charge >= 0.3 is 0 Å². The van der Waals surface area contributed by atoms with Crippen LogP contribution in [0.2, 0.25) is 0 Å². The van der Waals surface area contributed by atoms with Crippen molar-refractivity contribution in [1.29, 1.82) is 0 Å². The molecule has 0 aliphatic carbocycles. The van der Waals surface area contributed by atoms with Crippen LogP contribution < -0.4 is 5.73 Å². The van der Waals surface area contributed by atoms with Gasteiger partial charge in [-0.1, -0.05) is 12.1 Å². The number of para-hydroxylation sites is 2. The van der Waals surface area contributed by atoms with Crippen LogP contribution in [0.5, 0.6) is 0 Å². The number of likely N-dealkylation sites (tertiary alicyclic amines) is 1. The molecule has 1 aliphatic rings. The second-order valence-corrected chi connectivity index (χ2v) is 7.81. The Morgan fingerprint density at radius 3 is 3.00 bits per heavy atom. The van der Waals surface area contributed by atoms with Crippen molar-refractivity contribution in [2.75, 3.05) is 13.1 Å². The summed E-state index contributed by atoms with van der Waals surface area (Å²) in [5.74, 6) is 2.53. The average Bonchev–Trinajstić information content (AvgIpc) is 3.41. The number of piperidine rings is 1. The number of hydrogen-bond acceptors (Lipinski definition) is 5. The zero-order chi connectivity index (χ0) is 20.5. The van der Waals surface area contributed by atoms with Crippen LogP contribution in [-0.2, 0) is 6.54 Å². The van der Waals surface area contributed by atoms with Gasteiger partial charge in [0.15, 0.2) is 0 Å². The number of primary amides is 1. The van der Waals surface area contributed by atoms with E-state index in [1.807, 2.05) is 30.3 Å². The number of benzene rings is 1. The van der Waals surface area contributed by atoms with E-state index in [2.05, 4.69) is 20.9 Å². The Kier molecular flexibility index (Phi) is 4.80. The molecule has 1 aromatic carbocycles. The van der Waals surface area contributed by atoms with Gasteiger partial charge in [0.05, 0.1) is 23.1 Å². The molecule has 0 saturated carbocycles. The van der Waals surface area contributed by atoms with Crippen LogP contribution in [0.1, 0.15) is 40.7 Å². The Labute approximate surface area is 173 Å². The molecule has 1 atom stereocenters. The fourth-order valence-corrected chi connectivity index (χ4v) is 4.14. The number of H-pyrrole nitrogens is 1. The van der Waals surface area contributed by atoms with Crippen LogP contribution in [0.15, 0.2) is 59.3 Å². The van der Waals surface area contributed by atoms with Crippen LogP contribution in [-0.4, -0.2) is 38.8 Å². The van der Waals surface area contributed by atoms with Gasteiger partial charge in [0, 0.05) is 30.4 Å². The van der Waals surface area contributed by atoms with Crippen molar-refractivity contribution in [2.24, 2.45) is 5.73 Å². The number of rotatable bonds is 5. The highest BCUT2D eigenvalue weighted by Crippen LogP contribution is 2.29. The molecule has 7 nitrogen and oxygen atoms in total. The minimum absolute atomic E-state index is 0.371. The fourth-order valence-electron chi connectivity index (χ4n) is 4.14. The number of aromatic nitrogens is 3. The Morgan fingerprint density at radius 1 is 1.23 bits per heavy atom. The third kappa shape index (κ3) is 3.71. The highest BCUT2D eigenvalue weighted by molar-refractivity contribution is 5.93. The largest absolute Gasteiger partial charge is 0.460 e. The Balaban J connectivity index is 1.29. The molecule has 1 fully saturated rings. The van der Waals surface area contributed by atoms with Gasteiger partial charge in [0.1, 0.15) is 17.3 Å². The van der Waals surface area contributed by atoms with E-state index in [1.54, 1.807) is 12.3 Å². The van der Waals surface area contributed by atoms with E-state index in [0.717, 1.165) is 60.7 Å². The lowest BCUT2D eigenvalue weighted by Gasteiger charge is -2.31.